The van der Waals surface area contributed by atoms with E-state index < -0.39 is 17.6 Å². The number of likely N-dealkylation sites (tertiary alicyclic amines) is 1. The van der Waals surface area contributed by atoms with Crippen LogP contribution in [0, 0.1) is 0 Å². The van der Waals surface area contributed by atoms with Crippen LogP contribution < -0.4 is 15.4 Å². The van der Waals surface area contributed by atoms with Crippen molar-refractivity contribution in [1.29, 1.82) is 0 Å². The van der Waals surface area contributed by atoms with Gasteiger partial charge >= 0.3 is 12.2 Å². The highest BCUT2D eigenvalue weighted by Gasteiger charge is 2.30. The summed E-state index contributed by atoms with van der Waals surface area (Å²) in [6.45, 7) is 0.589. The summed E-state index contributed by atoms with van der Waals surface area (Å²) in [5, 5.41) is 5.62. The van der Waals surface area contributed by atoms with Crippen molar-refractivity contribution in [2.24, 2.45) is 0 Å². The van der Waals surface area contributed by atoms with Crippen molar-refractivity contribution in [3.8, 4) is 5.75 Å². The fourth-order valence-electron chi connectivity index (χ4n) is 3.13. The van der Waals surface area contributed by atoms with Gasteiger partial charge < -0.3 is 20.3 Å². The molecule has 0 saturated carbocycles. The van der Waals surface area contributed by atoms with E-state index in [1.54, 1.807) is 17.0 Å². The molecular formula is C21H22F3N3O3. The highest BCUT2D eigenvalue weighted by Crippen LogP contribution is 2.31. The molecule has 2 aromatic rings. The maximum atomic E-state index is 12.7. The van der Waals surface area contributed by atoms with Crippen LogP contribution in [0.4, 0.5) is 23.7 Å². The standard InChI is InChI=1S/C21H22F3N3O3/c22-21(23,24)15-5-4-8-18(13-15)30-14-19(28)25-17-9-11-27(12-10-17)20(29)26-16-6-2-1-3-7-16/h1-8,13,17H,9-12,14H2,(H,25,28)(H,26,29). The first-order valence-electron chi connectivity index (χ1n) is 9.51. The number of ether oxygens (including phenoxy) is 1. The number of carbonyl (C=O) groups is 2. The Morgan fingerprint density at radius 1 is 1.03 bits per heavy atom. The molecule has 30 heavy (non-hydrogen) atoms. The van der Waals surface area contributed by atoms with E-state index in [1.165, 1.54) is 12.1 Å². The van der Waals surface area contributed by atoms with E-state index in [-0.39, 0.29) is 24.4 Å². The number of nitrogens with one attached hydrogen (secondary N) is 2. The SMILES string of the molecule is O=C(COc1cccc(C(F)(F)F)c1)NC1CCN(C(=O)Nc2ccccc2)CC1. The molecule has 0 aliphatic carbocycles. The summed E-state index contributed by atoms with van der Waals surface area (Å²) in [7, 11) is 0. The van der Waals surface area contributed by atoms with E-state index in [0.717, 1.165) is 12.1 Å². The number of amides is 3. The molecule has 0 unspecified atom stereocenters. The quantitative estimate of drug-likeness (QED) is 0.770. The molecule has 1 heterocycles. The first-order chi connectivity index (χ1) is 14.3. The van der Waals surface area contributed by atoms with Crippen LogP contribution in [0.3, 0.4) is 0 Å². The van der Waals surface area contributed by atoms with Gasteiger partial charge in [-0.15, -0.1) is 0 Å². The number of carbonyl (C=O) groups excluding carboxylic acids is 2. The Morgan fingerprint density at radius 2 is 1.73 bits per heavy atom. The Balaban J connectivity index is 1.40. The lowest BCUT2D eigenvalue weighted by Crippen LogP contribution is -2.48. The third kappa shape index (κ3) is 6.13. The van der Waals surface area contributed by atoms with Crippen LogP contribution in [0.25, 0.3) is 0 Å². The topological polar surface area (TPSA) is 70.7 Å². The molecule has 1 fully saturated rings. The molecule has 1 aliphatic rings. The van der Waals surface area contributed by atoms with Crippen LogP contribution >= 0.6 is 0 Å². The minimum atomic E-state index is -4.47. The number of hydrogen-bond donors (Lipinski definition) is 2. The van der Waals surface area contributed by atoms with Crippen LogP contribution in [0.2, 0.25) is 0 Å². The normalized spacial score (nSPS) is 14.8. The number of para-hydroxylation sites is 1. The second-order valence-electron chi connectivity index (χ2n) is 6.94. The number of hydrogen-bond acceptors (Lipinski definition) is 3. The van der Waals surface area contributed by atoms with E-state index >= 15 is 0 Å². The summed E-state index contributed by atoms with van der Waals surface area (Å²) in [5.41, 5.74) is -0.119. The molecule has 0 spiro atoms. The van der Waals surface area contributed by atoms with Crippen LogP contribution in [-0.4, -0.2) is 42.6 Å². The molecular weight excluding hydrogens is 399 g/mol. The molecule has 1 saturated heterocycles. The van der Waals surface area contributed by atoms with Crippen molar-refractivity contribution >= 4 is 17.6 Å². The number of anilines is 1. The molecule has 9 heteroatoms. The maximum Gasteiger partial charge on any atom is 0.416 e. The van der Waals surface area contributed by atoms with Crippen molar-refractivity contribution in [1.82, 2.24) is 10.2 Å². The van der Waals surface area contributed by atoms with Crippen molar-refractivity contribution in [3.63, 3.8) is 0 Å². The van der Waals surface area contributed by atoms with E-state index in [9.17, 15) is 22.8 Å². The van der Waals surface area contributed by atoms with Gasteiger partial charge in [0.15, 0.2) is 6.61 Å². The highest BCUT2D eigenvalue weighted by molar-refractivity contribution is 5.89. The van der Waals surface area contributed by atoms with Crippen molar-refractivity contribution < 1.29 is 27.5 Å². The molecule has 3 amide bonds. The van der Waals surface area contributed by atoms with E-state index in [2.05, 4.69) is 10.6 Å². The summed E-state index contributed by atoms with van der Waals surface area (Å²) in [6, 6.07) is 13.2. The van der Waals surface area contributed by atoms with Crippen molar-refractivity contribution in [2.75, 3.05) is 25.0 Å². The fraction of sp³-hybridized carbons (Fsp3) is 0.333. The van der Waals surface area contributed by atoms with Gasteiger partial charge in [-0.25, -0.2) is 4.79 Å². The molecule has 0 bridgehead atoms. The van der Waals surface area contributed by atoms with Gasteiger partial charge in [0, 0.05) is 24.8 Å². The number of piperidine rings is 1. The smallest absolute Gasteiger partial charge is 0.416 e. The first kappa shape index (κ1) is 21.5. The van der Waals surface area contributed by atoms with Crippen LogP contribution in [0.5, 0.6) is 5.75 Å². The van der Waals surface area contributed by atoms with Gasteiger partial charge in [0.05, 0.1) is 5.56 Å². The van der Waals surface area contributed by atoms with E-state index in [4.69, 9.17) is 4.74 Å². The average Bonchev–Trinajstić information content (AvgIpc) is 2.73. The lowest BCUT2D eigenvalue weighted by Gasteiger charge is -2.32. The molecule has 0 aromatic heterocycles. The van der Waals surface area contributed by atoms with Crippen LogP contribution in [0.15, 0.2) is 54.6 Å². The number of alkyl halides is 3. The predicted molar refractivity (Wildman–Crippen MR) is 105 cm³/mol. The second kappa shape index (κ2) is 9.51. The Hall–Kier alpha value is -3.23. The van der Waals surface area contributed by atoms with Crippen LogP contribution in [-0.2, 0) is 11.0 Å². The molecule has 2 N–H and O–H groups in total. The summed E-state index contributed by atoms with van der Waals surface area (Å²) in [5.74, 6) is -0.438. The Bertz CT molecular complexity index is 867. The number of nitrogens with zero attached hydrogens (tertiary/aromatic N) is 1. The monoisotopic (exact) mass is 421 g/mol. The molecule has 160 valence electrons. The van der Waals surface area contributed by atoms with Gasteiger partial charge in [-0.1, -0.05) is 24.3 Å². The lowest BCUT2D eigenvalue weighted by molar-refractivity contribution is -0.137. The van der Waals surface area contributed by atoms with Crippen molar-refractivity contribution in [3.05, 3.63) is 60.2 Å². The van der Waals surface area contributed by atoms with Gasteiger partial charge in [-0.2, -0.15) is 13.2 Å². The maximum absolute atomic E-state index is 12.7. The Morgan fingerprint density at radius 3 is 2.40 bits per heavy atom. The first-order valence-corrected chi connectivity index (χ1v) is 9.51. The average molecular weight is 421 g/mol. The molecule has 2 aromatic carbocycles. The molecule has 6 nitrogen and oxygen atoms in total. The molecule has 3 rings (SSSR count). The lowest BCUT2D eigenvalue weighted by atomic mass is 10.1. The minimum absolute atomic E-state index is 0.0209. The van der Waals surface area contributed by atoms with Crippen LogP contribution in [0.1, 0.15) is 18.4 Å². The van der Waals surface area contributed by atoms with Gasteiger partial charge in [-0.3, -0.25) is 4.79 Å². The molecule has 1 aliphatic heterocycles. The van der Waals surface area contributed by atoms with E-state index in [1.807, 2.05) is 18.2 Å². The Kier molecular flexibility index (Phi) is 6.81. The summed E-state index contributed by atoms with van der Waals surface area (Å²) in [6.07, 6.45) is -3.31. The number of halogens is 3. The highest BCUT2D eigenvalue weighted by atomic mass is 19.4. The van der Waals surface area contributed by atoms with Gasteiger partial charge in [0.25, 0.3) is 5.91 Å². The zero-order valence-corrected chi connectivity index (χ0v) is 16.1. The van der Waals surface area contributed by atoms with Gasteiger partial charge in [-0.05, 0) is 43.2 Å². The zero-order valence-electron chi connectivity index (χ0n) is 16.1. The third-order valence-corrected chi connectivity index (χ3v) is 4.70. The fourth-order valence-corrected chi connectivity index (χ4v) is 3.13. The van der Waals surface area contributed by atoms with E-state index in [0.29, 0.717) is 31.6 Å². The number of urea groups is 1. The molecule has 0 atom stereocenters. The molecule has 0 radical (unpaired) electrons. The minimum Gasteiger partial charge on any atom is -0.484 e. The Labute approximate surface area is 172 Å². The van der Waals surface area contributed by atoms with Crippen molar-refractivity contribution in [2.45, 2.75) is 25.1 Å². The summed E-state index contributed by atoms with van der Waals surface area (Å²) < 4.78 is 43.3. The summed E-state index contributed by atoms with van der Waals surface area (Å²) in [4.78, 5) is 26.0. The largest absolute Gasteiger partial charge is 0.484 e. The summed E-state index contributed by atoms with van der Waals surface area (Å²) >= 11 is 0. The van der Waals surface area contributed by atoms with Gasteiger partial charge in [0.2, 0.25) is 0 Å². The number of benzene rings is 2. The number of rotatable bonds is 5. The predicted octanol–water partition coefficient (Wildman–Crippen LogP) is 3.90. The zero-order chi connectivity index (χ0) is 21.6. The third-order valence-electron chi connectivity index (χ3n) is 4.70. The van der Waals surface area contributed by atoms with Gasteiger partial charge in [0.1, 0.15) is 5.75 Å². The second-order valence-corrected chi connectivity index (χ2v) is 6.94.